The third-order valence-corrected chi connectivity index (χ3v) is 6.56. The third-order valence-electron chi connectivity index (χ3n) is 5.77. The quantitative estimate of drug-likeness (QED) is 0.247. The smallest absolute Gasteiger partial charge is 0.251 e. The van der Waals surface area contributed by atoms with Crippen molar-refractivity contribution in [2.24, 2.45) is 0 Å². The molecule has 1 N–H and O–H groups in total. The van der Waals surface area contributed by atoms with Gasteiger partial charge >= 0.3 is 0 Å². The Balaban J connectivity index is 1.48. The topological polar surface area (TPSA) is 75.6 Å². The number of nitrogens with zero attached hydrogens (tertiary/aromatic N) is 4. The molecule has 0 fully saturated rings. The molecule has 3 aromatic carbocycles. The van der Waals surface area contributed by atoms with Gasteiger partial charge in [0.15, 0.2) is 0 Å². The standard InChI is InChI=1S/C28H18Cl3N5O/c29-20-7-3-18(4-8-20)27-23(16-32)25(34-36(27)26-12-9-21(30)15-24(26)31)17-33-28(37)19-5-10-22(11-6-19)35-13-1-2-14-35/h1-15H,17H2,(H,33,37). The molecule has 37 heavy (non-hydrogen) atoms. The number of benzene rings is 3. The molecule has 5 rings (SSSR count). The number of nitriles is 1. The maximum atomic E-state index is 12.9. The van der Waals surface area contributed by atoms with Gasteiger partial charge in [-0.25, -0.2) is 4.68 Å². The number of carbonyl (C=O) groups is 1. The summed E-state index contributed by atoms with van der Waals surface area (Å²) < 4.78 is 3.54. The number of nitrogens with one attached hydrogen (secondary N) is 1. The van der Waals surface area contributed by atoms with Crippen LogP contribution in [0.4, 0.5) is 0 Å². The van der Waals surface area contributed by atoms with Crippen molar-refractivity contribution in [3.63, 3.8) is 0 Å². The minimum atomic E-state index is -0.282. The molecular formula is C28H18Cl3N5O. The fourth-order valence-corrected chi connectivity index (χ4v) is 4.58. The summed E-state index contributed by atoms with van der Waals surface area (Å²) in [6, 6.07) is 25.4. The van der Waals surface area contributed by atoms with Gasteiger partial charge < -0.3 is 9.88 Å². The summed E-state index contributed by atoms with van der Waals surface area (Å²) in [5, 5.41) is 19.0. The van der Waals surface area contributed by atoms with Crippen LogP contribution in [0.3, 0.4) is 0 Å². The number of rotatable bonds is 6. The monoisotopic (exact) mass is 545 g/mol. The van der Waals surface area contributed by atoms with Crippen LogP contribution in [0, 0.1) is 11.3 Å². The van der Waals surface area contributed by atoms with Crippen molar-refractivity contribution in [2.45, 2.75) is 6.54 Å². The van der Waals surface area contributed by atoms with E-state index in [1.54, 1.807) is 59.3 Å². The maximum absolute atomic E-state index is 12.9. The van der Waals surface area contributed by atoms with Crippen LogP contribution in [-0.2, 0) is 6.54 Å². The summed E-state index contributed by atoms with van der Waals surface area (Å²) in [5.41, 5.74) is 3.95. The number of hydrogen-bond acceptors (Lipinski definition) is 3. The van der Waals surface area contributed by atoms with Crippen LogP contribution in [0.2, 0.25) is 15.1 Å². The van der Waals surface area contributed by atoms with Gasteiger partial charge in [0, 0.05) is 39.3 Å². The highest BCUT2D eigenvalue weighted by Crippen LogP contribution is 2.33. The molecule has 0 atom stereocenters. The van der Waals surface area contributed by atoms with Crippen molar-refractivity contribution in [2.75, 3.05) is 0 Å². The zero-order valence-electron chi connectivity index (χ0n) is 19.2. The van der Waals surface area contributed by atoms with E-state index in [9.17, 15) is 10.1 Å². The Labute approximate surface area is 228 Å². The molecule has 0 aliphatic rings. The molecule has 0 radical (unpaired) electrons. The molecule has 0 spiro atoms. The maximum Gasteiger partial charge on any atom is 0.251 e. The molecule has 5 aromatic rings. The summed E-state index contributed by atoms with van der Waals surface area (Å²) in [6.07, 6.45) is 3.86. The second-order valence-corrected chi connectivity index (χ2v) is 9.40. The first-order chi connectivity index (χ1) is 17.9. The molecule has 9 heteroatoms. The van der Waals surface area contributed by atoms with Gasteiger partial charge in [0.25, 0.3) is 5.91 Å². The first-order valence-corrected chi connectivity index (χ1v) is 12.3. The summed E-state index contributed by atoms with van der Waals surface area (Å²) in [6.45, 7) is 0.0415. The van der Waals surface area contributed by atoms with Crippen LogP contribution in [0.15, 0.2) is 91.3 Å². The van der Waals surface area contributed by atoms with Gasteiger partial charge in [-0.2, -0.15) is 10.4 Å². The lowest BCUT2D eigenvalue weighted by molar-refractivity contribution is 0.0950. The number of aromatic nitrogens is 3. The fourth-order valence-electron chi connectivity index (χ4n) is 3.96. The number of hydrogen-bond donors (Lipinski definition) is 1. The number of halogens is 3. The average molecular weight is 547 g/mol. The highest BCUT2D eigenvalue weighted by atomic mass is 35.5. The van der Waals surface area contributed by atoms with Gasteiger partial charge in [-0.05, 0) is 66.7 Å². The van der Waals surface area contributed by atoms with Crippen LogP contribution < -0.4 is 5.32 Å². The van der Waals surface area contributed by atoms with E-state index in [0.717, 1.165) is 11.3 Å². The van der Waals surface area contributed by atoms with E-state index >= 15 is 0 Å². The van der Waals surface area contributed by atoms with Gasteiger partial charge in [-0.3, -0.25) is 4.79 Å². The van der Waals surface area contributed by atoms with Gasteiger partial charge in [0.05, 0.1) is 22.9 Å². The molecule has 0 aliphatic carbocycles. The zero-order valence-corrected chi connectivity index (χ0v) is 21.5. The first kappa shape index (κ1) is 24.7. The van der Waals surface area contributed by atoms with Crippen LogP contribution in [0.5, 0.6) is 0 Å². The lowest BCUT2D eigenvalue weighted by atomic mass is 10.1. The van der Waals surface area contributed by atoms with E-state index in [2.05, 4.69) is 16.5 Å². The van der Waals surface area contributed by atoms with E-state index < -0.39 is 0 Å². The van der Waals surface area contributed by atoms with Crippen LogP contribution >= 0.6 is 34.8 Å². The minimum Gasteiger partial charge on any atom is -0.346 e. The van der Waals surface area contributed by atoms with E-state index in [1.165, 1.54) is 0 Å². The Hall–Kier alpha value is -4.02. The molecule has 0 saturated carbocycles. The number of carbonyl (C=O) groups excluding carboxylic acids is 1. The van der Waals surface area contributed by atoms with Crippen LogP contribution in [0.1, 0.15) is 21.6 Å². The van der Waals surface area contributed by atoms with Crippen molar-refractivity contribution < 1.29 is 4.79 Å². The lowest BCUT2D eigenvalue weighted by Gasteiger charge is -2.10. The lowest BCUT2D eigenvalue weighted by Crippen LogP contribution is -2.23. The van der Waals surface area contributed by atoms with Gasteiger partial charge in [-0.15, -0.1) is 0 Å². The van der Waals surface area contributed by atoms with Gasteiger partial charge in [-0.1, -0.05) is 46.9 Å². The molecule has 0 unspecified atom stereocenters. The highest BCUT2D eigenvalue weighted by Gasteiger charge is 2.22. The molecule has 6 nitrogen and oxygen atoms in total. The van der Waals surface area contributed by atoms with Crippen LogP contribution in [-0.4, -0.2) is 20.3 Å². The molecular weight excluding hydrogens is 529 g/mol. The van der Waals surface area contributed by atoms with E-state index in [4.69, 9.17) is 34.8 Å². The zero-order chi connectivity index (χ0) is 25.9. The normalized spacial score (nSPS) is 10.8. The largest absolute Gasteiger partial charge is 0.346 e. The van der Waals surface area contributed by atoms with Crippen molar-refractivity contribution in [3.8, 4) is 28.7 Å². The molecule has 0 saturated heterocycles. The molecule has 1 amide bonds. The van der Waals surface area contributed by atoms with Crippen molar-refractivity contribution in [3.05, 3.63) is 123 Å². The molecule has 2 heterocycles. The fraction of sp³-hybridized carbons (Fsp3) is 0.0357. The Bertz CT molecular complexity index is 1620. The Morgan fingerprint density at radius 3 is 2.24 bits per heavy atom. The molecule has 0 bridgehead atoms. The summed E-state index contributed by atoms with van der Waals surface area (Å²) >= 11 is 18.7. The molecule has 0 aliphatic heterocycles. The molecule has 2 aromatic heterocycles. The second kappa shape index (κ2) is 10.5. The molecule has 182 valence electrons. The Kier molecular flexibility index (Phi) is 7.02. The minimum absolute atomic E-state index is 0.0415. The van der Waals surface area contributed by atoms with Crippen molar-refractivity contribution in [1.82, 2.24) is 19.7 Å². The number of amides is 1. The Morgan fingerprint density at radius 2 is 1.59 bits per heavy atom. The predicted molar refractivity (Wildman–Crippen MR) is 146 cm³/mol. The van der Waals surface area contributed by atoms with E-state index in [1.807, 2.05) is 41.2 Å². The van der Waals surface area contributed by atoms with Crippen molar-refractivity contribution >= 4 is 40.7 Å². The first-order valence-electron chi connectivity index (χ1n) is 11.2. The van der Waals surface area contributed by atoms with Gasteiger partial charge in [0.2, 0.25) is 0 Å². The summed E-state index contributed by atoms with van der Waals surface area (Å²) in [5.74, 6) is -0.282. The van der Waals surface area contributed by atoms with E-state index in [0.29, 0.717) is 43.3 Å². The second-order valence-electron chi connectivity index (χ2n) is 8.12. The van der Waals surface area contributed by atoms with Gasteiger partial charge in [0.1, 0.15) is 17.3 Å². The summed E-state index contributed by atoms with van der Waals surface area (Å²) in [7, 11) is 0. The summed E-state index contributed by atoms with van der Waals surface area (Å²) in [4.78, 5) is 12.9. The Morgan fingerprint density at radius 1 is 0.919 bits per heavy atom. The van der Waals surface area contributed by atoms with Crippen molar-refractivity contribution in [1.29, 1.82) is 5.26 Å². The van der Waals surface area contributed by atoms with E-state index in [-0.39, 0.29) is 12.5 Å². The SMILES string of the molecule is N#Cc1c(CNC(=O)c2ccc(-n3cccc3)cc2)nn(-c2ccc(Cl)cc2Cl)c1-c1ccc(Cl)cc1. The highest BCUT2D eigenvalue weighted by molar-refractivity contribution is 6.35. The average Bonchev–Trinajstić information content (AvgIpc) is 3.56. The third kappa shape index (κ3) is 5.11. The predicted octanol–water partition coefficient (Wildman–Crippen LogP) is 7.09. The van der Waals surface area contributed by atoms with Crippen LogP contribution in [0.25, 0.3) is 22.6 Å².